The predicted molar refractivity (Wildman–Crippen MR) is 64.6 cm³/mol. The summed E-state index contributed by atoms with van der Waals surface area (Å²) in [5.41, 5.74) is -0.634. The van der Waals surface area contributed by atoms with E-state index in [1.165, 1.54) is 0 Å². The first kappa shape index (κ1) is 13.9. The van der Waals surface area contributed by atoms with Crippen molar-refractivity contribution in [2.24, 2.45) is 0 Å². The molecule has 5 nitrogen and oxygen atoms in total. The molecular weight excluding hydrogens is 270 g/mol. The fourth-order valence-corrected chi connectivity index (χ4v) is 2.96. The summed E-state index contributed by atoms with van der Waals surface area (Å²) in [5.74, 6) is -2.17. The smallest absolute Gasteiger partial charge is 0.259 e. The average Bonchev–Trinajstić information content (AvgIpc) is 3.06. The third-order valence-electron chi connectivity index (χ3n) is 4.29. The van der Waals surface area contributed by atoms with Gasteiger partial charge in [0.15, 0.2) is 11.4 Å². The molecule has 0 aromatic carbocycles. The topological polar surface area (TPSA) is 57.4 Å². The van der Waals surface area contributed by atoms with Gasteiger partial charge >= 0.3 is 0 Å². The first-order chi connectivity index (χ1) is 9.55. The van der Waals surface area contributed by atoms with E-state index < -0.39 is 11.5 Å². The molecule has 1 aliphatic heterocycles. The van der Waals surface area contributed by atoms with E-state index in [1.807, 2.05) is 0 Å². The van der Waals surface area contributed by atoms with Gasteiger partial charge in [-0.1, -0.05) is 5.16 Å². The van der Waals surface area contributed by atoms with Crippen molar-refractivity contribution in [3.63, 3.8) is 0 Å². The summed E-state index contributed by atoms with van der Waals surface area (Å²) in [4.78, 5) is 4.33. The van der Waals surface area contributed by atoms with Crippen LogP contribution in [-0.4, -0.2) is 36.4 Å². The molecule has 1 saturated carbocycles. The minimum absolute atomic E-state index is 0.106. The maximum Gasteiger partial charge on any atom is 0.259 e. The number of methoxy groups -OCH3 is 1. The van der Waals surface area contributed by atoms with Crippen LogP contribution in [-0.2, 0) is 15.1 Å². The minimum atomic E-state index is -2.61. The lowest BCUT2D eigenvalue weighted by molar-refractivity contribution is -0.111. The van der Waals surface area contributed by atoms with Crippen LogP contribution in [0.3, 0.4) is 0 Å². The molecule has 3 rings (SSSR count). The first-order valence-electron chi connectivity index (χ1n) is 6.89. The van der Waals surface area contributed by atoms with Crippen LogP contribution in [0.15, 0.2) is 4.52 Å². The quantitative estimate of drug-likeness (QED) is 0.855. The van der Waals surface area contributed by atoms with E-state index in [0.717, 1.165) is 0 Å². The van der Waals surface area contributed by atoms with Crippen molar-refractivity contribution >= 4 is 0 Å². The molecule has 20 heavy (non-hydrogen) atoms. The Bertz CT molecular complexity index is 472. The van der Waals surface area contributed by atoms with Crippen molar-refractivity contribution in [1.82, 2.24) is 10.1 Å². The Kier molecular flexibility index (Phi) is 3.50. The molecule has 2 fully saturated rings. The van der Waals surface area contributed by atoms with Gasteiger partial charge in [0.25, 0.3) is 5.89 Å². The van der Waals surface area contributed by atoms with Gasteiger partial charge in [-0.25, -0.2) is 8.78 Å². The molecule has 0 spiro atoms. The summed E-state index contributed by atoms with van der Waals surface area (Å²) >= 11 is 0. The van der Waals surface area contributed by atoms with E-state index in [1.54, 1.807) is 7.11 Å². The lowest BCUT2D eigenvalue weighted by atomic mass is 9.94. The lowest BCUT2D eigenvalue weighted by Gasteiger charge is -2.32. The van der Waals surface area contributed by atoms with Crippen LogP contribution in [0.2, 0.25) is 0 Å². The van der Waals surface area contributed by atoms with Crippen LogP contribution in [0.4, 0.5) is 8.78 Å². The standard InChI is InChI=1S/C13H18F2N2O3/c1-18-12(4-6-19-7-5-12)11-16-10(17-20-11)9-2-3-13(14,15)8-9/h9H,2-8H2,1H3. The van der Waals surface area contributed by atoms with Crippen LogP contribution in [0, 0.1) is 0 Å². The molecule has 1 unspecified atom stereocenters. The molecule has 0 amide bonds. The Morgan fingerprint density at radius 3 is 2.60 bits per heavy atom. The van der Waals surface area contributed by atoms with Gasteiger partial charge in [-0.3, -0.25) is 0 Å². The van der Waals surface area contributed by atoms with Crippen molar-refractivity contribution in [3.8, 4) is 0 Å². The number of alkyl halides is 2. The highest BCUT2D eigenvalue weighted by molar-refractivity contribution is 5.06. The highest BCUT2D eigenvalue weighted by Gasteiger charge is 2.44. The zero-order valence-electron chi connectivity index (χ0n) is 11.4. The normalized spacial score (nSPS) is 28.6. The SMILES string of the molecule is COC1(c2nc(C3CCC(F)(F)C3)no2)CCOCC1. The lowest BCUT2D eigenvalue weighted by Crippen LogP contribution is -2.36. The molecule has 2 aliphatic rings. The summed E-state index contributed by atoms with van der Waals surface area (Å²) in [7, 11) is 1.60. The summed E-state index contributed by atoms with van der Waals surface area (Å²) in [6.07, 6.45) is 1.35. The van der Waals surface area contributed by atoms with Gasteiger partial charge in [0.1, 0.15) is 0 Å². The second-order valence-electron chi connectivity index (χ2n) is 5.56. The van der Waals surface area contributed by atoms with Crippen molar-refractivity contribution in [2.75, 3.05) is 20.3 Å². The van der Waals surface area contributed by atoms with Crippen LogP contribution < -0.4 is 0 Å². The van der Waals surface area contributed by atoms with E-state index in [2.05, 4.69) is 10.1 Å². The molecule has 2 heterocycles. The van der Waals surface area contributed by atoms with Gasteiger partial charge in [0.2, 0.25) is 5.92 Å². The molecule has 0 radical (unpaired) electrons. The van der Waals surface area contributed by atoms with Crippen molar-refractivity contribution < 1.29 is 22.8 Å². The second kappa shape index (κ2) is 5.04. The molecule has 7 heteroatoms. The summed E-state index contributed by atoms with van der Waals surface area (Å²) < 4.78 is 42.7. The fourth-order valence-electron chi connectivity index (χ4n) is 2.96. The molecule has 1 saturated heterocycles. The Morgan fingerprint density at radius 2 is 2.00 bits per heavy atom. The molecular formula is C13H18F2N2O3. The van der Waals surface area contributed by atoms with Gasteiger partial charge in [-0.15, -0.1) is 0 Å². The monoisotopic (exact) mass is 288 g/mol. The van der Waals surface area contributed by atoms with E-state index in [4.69, 9.17) is 14.0 Å². The predicted octanol–water partition coefficient (Wildman–Crippen LogP) is 2.62. The minimum Gasteiger partial charge on any atom is -0.381 e. The first-order valence-corrected chi connectivity index (χ1v) is 6.89. The van der Waals surface area contributed by atoms with Gasteiger partial charge in [-0.2, -0.15) is 4.98 Å². The van der Waals surface area contributed by atoms with Crippen LogP contribution in [0.25, 0.3) is 0 Å². The fraction of sp³-hybridized carbons (Fsp3) is 0.846. The maximum absolute atomic E-state index is 13.3. The Morgan fingerprint density at radius 1 is 1.25 bits per heavy atom. The maximum atomic E-state index is 13.3. The van der Waals surface area contributed by atoms with Gasteiger partial charge < -0.3 is 14.0 Å². The molecule has 1 aromatic heterocycles. The highest BCUT2D eigenvalue weighted by Crippen LogP contribution is 2.44. The third kappa shape index (κ3) is 2.44. The van der Waals surface area contributed by atoms with Crippen molar-refractivity contribution in [3.05, 3.63) is 11.7 Å². The van der Waals surface area contributed by atoms with Gasteiger partial charge in [-0.05, 0) is 6.42 Å². The van der Waals surface area contributed by atoms with E-state index >= 15 is 0 Å². The Balaban J connectivity index is 1.79. The zero-order chi connectivity index (χ0) is 14.2. The number of nitrogens with zero attached hydrogens (tertiary/aromatic N) is 2. The number of ether oxygens (including phenoxy) is 2. The molecule has 1 aromatic rings. The van der Waals surface area contributed by atoms with Crippen LogP contribution >= 0.6 is 0 Å². The average molecular weight is 288 g/mol. The molecule has 0 N–H and O–H groups in total. The molecule has 0 bridgehead atoms. The molecule has 112 valence electrons. The zero-order valence-corrected chi connectivity index (χ0v) is 11.4. The Hall–Kier alpha value is -1.08. The van der Waals surface area contributed by atoms with Crippen molar-refractivity contribution in [2.45, 2.75) is 49.5 Å². The van der Waals surface area contributed by atoms with Crippen LogP contribution in [0.5, 0.6) is 0 Å². The summed E-state index contributed by atoms with van der Waals surface area (Å²) in [6.45, 7) is 1.13. The second-order valence-corrected chi connectivity index (χ2v) is 5.56. The van der Waals surface area contributed by atoms with Crippen molar-refractivity contribution in [1.29, 1.82) is 0 Å². The number of hydrogen-bond acceptors (Lipinski definition) is 5. The number of rotatable bonds is 3. The molecule has 1 atom stereocenters. The van der Waals surface area contributed by atoms with Gasteiger partial charge in [0, 0.05) is 51.9 Å². The number of aromatic nitrogens is 2. The Labute approximate surface area is 115 Å². The van der Waals surface area contributed by atoms with E-state index in [0.29, 0.717) is 44.2 Å². The number of halogens is 2. The summed E-state index contributed by atoms with van der Waals surface area (Å²) in [5, 5.41) is 3.89. The van der Waals surface area contributed by atoms with Gasteiger partial charge in [0.05, 0.1) is 0 Å². The van der Waals surface area contributed by atoms with E-state index in [9.17, 15) is 8.78 Å². The number of hydrogen-bond donors (Lipinski definition) is 0. The largest absolute Gasteiger partial charge is 0.381 e. The third-order valence-corrected chi connectivity index (χ3v) is 4.29. The van der Waals surface area contributed by atoms with Crippen LogP contribution in [0.1, 0.15) is 49.7 Å². The highest BCUT2D eigenvalue weighted by atomic mass is 19.3. The summed E-state index contributed by atoms with van der Waals surface area (Å²) in [6, 6.07) is 0. The van der Waals surface area contributed by atoms with E-state index in [-0.39, 0.29) is 18.8 Å². The molecule has 1 aliphatic carbocycles.